The molecule has 0 aromatic carbocycles. The number of nitrogens with one attached hydrogen (secondary N) is 2. The molecule has 1 aliphatic heterocycles. The third kappa shape index (κ3) is 4.78. The number of amides is 1. The van der Waals surface area contributed by atoms with Crippen molar-refractivity contribution >= 4 is 17.8 Å². The molecule has 1 rings (SSSR count). The Morgan fingerprint density at radius 2 is 2.00 bits per heavy atom. The number of carboxylic acids is 2. The van der Waals surface area contributed by atoms with Crippen molar-refractivity contribution in [2.75, 3.05) is 19.8 Å². The van der Waals surface area contributed by atoms with Crippen LogP contribution in [0.25, 0.3) is 0 Å². The van der Waals surface area contributed by atoms with E-state index in [-0.39, 0.29) is 12.6 Å². The van der Waals surface area contributed by atoms with Gasteiger partial charge in [-0.2, -0.15) is 0 Å². The SMILES string of the molecule is CCCNC1COCC1C(=O)NC(CC(=O)O)C(=O)O. The maximum atomic E-state index is 12.0. The fourth-order valence-electron chi connectivity index (χ4n) is 2.00. The molecule has 4 N–H and O–H groups in total. The second-order valence-corrected chi connectivity index (χ2v) is 4.70. The van der Waals surface area contributed by atoms with Crippen LogP contribution < -0.4 is 10.6 Å². The summed E-state index contributed by atoms with van der Waals surface area (Å²) in [6, 6.07) is -1.60. The predicted molar refractivity (Wildman–Crippen MR) is 68.2 cm³/mol. The first-order chi connectivity index (χ1) is 9.45. The Labute approximate surface area is 116 Å². The molecule has 3 atom stereocenters. The molecular weight excluding hydrogens is 268 g/mol. The monoisotopic (exact) mass is 288 g/mol. The number of ether oxygens (including phenoxy) is 1. The molecule has 1 aliphatic rings. The van der Waals surface area contributed by atoms with E-state index >= 15 is 0 Å². The van der Waals surface area contributed by atoms with Crippen molar-refractivity contribution in [3.05, 3.63) is 0 Å². The molecule has 20 heavy (non-hydrogen) atoms. The summed E-state index contributed by atoms with van der Waals surface area (Å²) in [4.78, 5) is 33.5. The maximum Gasteiger partial charge on any atom is 0.326 e. The standard InChI is InChI=1S/C12H20N2O6/c1-2-3-13-9-6-20-5-7(9)11(17)14-8(12(18)19)4-10(15)16/h7-9,13H,2-6H2,1H3,(H,14,17)(H,15,16)(H,18,19). The summed E-state index contributed by atoms with van der Waals surface area (Å²) >= 11 is 0. The molecule has 114 valence electrons. The molecule has 1 saturated heterocycles. The highest BCUT2D eigenvalue weighted by Gasteiger charge is 2.35. The van der Waals surface area contributed by atoms with Gasteiger partial charge < -0.3 is 25.6 Å². The predicted octanol–water partition coefficient (Wildman–Crippen LogP) is -0.955. The van der Waals surface area contributed by atoms with Gasteiger partial charge in [-0.15, -0.1) is 0 Å². The molecule has 0 bridgehead atoms. The highest BCUT2D eigenvalue weighted by molar-refractivity contribution is 5.88. The Bertz CT molecular complexity index is 373. The van der Waals surface area contributed by atoms with Gasteiger partial charge in [0.1, 0.15) is 6.04 Å². The fourth-order valence-corrected chi connectivity index (χ4v) is 2.00. The van der Waals surface area contributed by atoms with Crippen molar-refractivity contribution in [1.29, 1.82) is 0 Å². The minimum Gasteiger partial charge on any atom is -0.481 e. The molecule has 8 nitrogen and oxygen atoms in total. The van der Waals surface area contributed by atoms with E-state index in [2.05, 4.69) is 10.6 Å². The van der Waals surface area contributed by atoms with Gasteiger partial charge in [-0.25, -0.2) is 4.79 Å². The number of hydrogen-bond acceptors (Lipinski definition) is 5. The average Bonchev–Trinajstić information content (AvgIpc) is 2.83. The van der Waals surface area contributed by atoms with Crippen molar-refractivity contribution in [3.8, 4) is 0 Å². The third-order valence-corrected chi connectivity index (χ3v) is 3.07. The molecule has 0 spiro atoms. The lowest BCUT2D eigenvalue weighted by molar-refractivity contribution is -0.147. The van der Waals surface area contributed by atoms with Gasteiger partial charge in [0.25, 0.3) is 0 Å². The van der Waals surface area contributed by atoms with Gasteiger partial charge in [0.15, 0.2) is 0 Å². The minimum absolute atomic E-state index is 0.172. The summed E-state index contributed by atoms with van der Waals surface area (Å²) in [5.74, 6) is -3.64. The van der Waals surface area contributed by atoms with Crippen LogP contribution >= 0.6 is 0 Å². The first-order valence-electron chi connectivity index (χ1n) is 6.51. The lowest BCUT2D eigenvalue weighted by Crippen LogP contribution is -2.49. The Balaban J connectivity index is 2.58. The van der Waals surface area contributed by atoms with Crippen molar-refractivity contribution in [1.82, 2.24) is 10.6 Å². The maximum absolute atomic E-state index is 12.0. The molecule has 0 radical (unpaired) electrons. The van der Waals surface area contributed by atoms with E-state index in [0.29, 0.717) is 6.61 Å². The summed E-state index contributed by atoms with van der Waals surface area (Å²) in [6.07, 6.45) is 0.253. The lowest BCUT2D eigenvalue weighted by atomic mass is 10.0. The quantitative estimate of drug-likeness (QED) is 0.453. The van der Waals surface area contributed by atoms with Crippen molar-refractivity contribution in [2.45, 2.75) is 31.8 Å². The smallest absolute Gasteiger partial charge is 0.326 e. The van der Waals surface area contributed by atoms with Crippen LogP contribution in [0.4, 0.5) is 0 Å². The molecule has 0 aromatic rings. The lowest BCUT2D eigenvalue weighted by Gasteiger charge is -2.20. The van der Waals surface area contributed by atoms with Gasteiger partial charge in [0.2, 0.25) is 5.91 Å². The van der Waals surface area contributed by atoms with E-state index in [4.69, 9.17) is 14.9 Å². The highest BCUT2D eigenvalue weighted by Crippen LogP contribution is 2.14. The summed E-state index contributed by atoms with van der Waals surface area (Å²) in [5, 5.41) is 22.9. The Hall–Kier alpha value is -1.67. The van der Waals surface area contributed by atoms with Crippen molar-refractivity contribution in [2.24, 2.45) is 5.92 Å². The number of carboxylic acid groups (broad SMARTS) is 2. The Kier molecular flexibility index (Phi) is 6.40. The van der Waals surface area contributed by atoms with E-state index in [0.717, 1.165) is 13.0 Å². The fraction of sp³-hybridized carbons (Fsp3) is 0.750. The van der Waals surface area contributed by atoms with E-state index in [1.807, 2.05) is 6.92 Å². The largest absolute Gasteiger partial charge is 0.481 e. The average molecular weight is 288 g/mol. The summed E-state index contributed by atoms with van der Waals surface area (Å²) in [6.45, 7) is 3.31. The Morgan fingerprint density at radius 1 is 1.30 bits per heavy atom. The first kappa shape index (κ1) is 16.4. The second kappa shape index (κ2) is 7.81. The minimum atomic E-state index is -1.42. The van der Waals surface area contributed by atoms with Crippen LogP contribution in [0.3, 0.4) is 0 Å². The van der Waals surface area contributed by atoms with Crippen LogP contribution in [-0.4, -0.2) is 59.9 Å². The molecule has 8 heteroatoms. The van der Waals surface area contributed by atoms with Crippen LogP contribution in [0.15, 0.2) is 0 Å². The molecule has 3 unspecified atom stereocenters. The second-order valence-electron chi connectivity index (χ2n) is 4.70. The first-order valence-corrected chi connectivity index (χ1v) is 6.51. The summed E-state index contributed by atoms with van der Waals surface area (Å²) in [7, 11) is 0. The van der Waals surface area contributed by atoms with E-state index in [1.54, 1.807) is 0 Å². The molecule has 0 saturated carbocycles. The summed E-state index contributed by atoms with van der Waals surface area (Å²) < 4.78 is 5.22. The van der Waals surface area contributed by atoms with E-state index < -0.39 is 36.2 Å². The Morgan fingerprint density at radius 3 is 2.55 bits per heavy atom. The zero-order valence-corrected chi connectivity index (χ0v) is 11.3. The van der Waals surface area contributed by atoms with E-state index in [9.17, 15) is 14.4 Å². The molecule has 0 aromatic heterocycles. The number of carbonyl (C=O) groups is 3. The normalized spacial score (nSPS) is 23.2. The van der Waals surface area contributed by atoms with Crippen LogP contribution in [-0.2, 0) is 19.1 Å². The number of carbonyl (C=O) groups excluding carboxylic acids is 1. The topological polar surface area (TPSA) is 125 Å². The zero-order valence-electron chi connectivity index (χ0n) is 11.3. The van der Waals surface area contributed by atoms with Crippen molar-refractivity contribution < 1.29 is 29.3 Å². The zero-order chi connectivity index (χ0) is 15.1. The van der Waals surface area contributed by atoms with Gasteiger partial charge in [0, 0.05) is 6.04 Å². The third-order valence-electron chi connectivity index (χ3n) is 3.07. The van der Waals surface area contributed by atoms with Crippen LogP contribution in [0, 0.1) is 5.92 Å². The number of aliphatic carboxylic acids is 2. The van der Waals surface area contributed by atoms with Gasteiger partial charge in [-0.3, -0.25) is 9.59 Å². The molecular formula is C12H20N2O6. The van der Waals surface area contributed by atoms with Crippen LogP contribution in [0.1, 0.15) is 19.8 Å². The molecule has 1 fully saturated rings. The van der Waals surface area contributed by atoms with Crippen molar-refractivity contribution in [3.63, 3.8) is 0 Å². The van der Waals surface area contributed by atoms with Crippen LogP contribution in [0.5, 0.6) is 0 Å². The molecule has 1 heterocycles. The highest BCUT2D eigenvalue weighted by atomic mass is 16.5. The number of rotatable bonds is 8. The van der Waals surface area contributed by atoms with Gasteiger partial charge in [-0.1, -0.05) is 6.92 Å². The summed E-state index contributed by atoms with van der Waals surface area (Å²) in [5.41, 5.74) is 0. The van der Waals surface area contributed by atoms with Gasteiger partial charge >= 0.3 is 11.9 Å². The van der Waals surface area contributed by atoms with Gasteiger partial charge in [0.05, 0.1) is 25.6 Å². The van der Waals surface area contributed by atoms with E-state index in [1.165, 1.54) is 0 Å². The van der Waals surface area contributed by atoms with Gasteiger partial charge in [-0.05, 0) is 13.0 Å². The number of hydrogen-bond donors (Lipinski definition) is 4. The molecule has 1 amide bonds. The molecule has 0 aliphatic carbocycles. The van der Waals surface area contributed by atoms with Crippen LogP contribution in [0.2, 0.25) is 0 Å².